The zero-order valence-electron chi connectivity index (χ0n) is 11.8. The summed E-state index contributed by atoms with van der Waals surface area (Å²) in [5.74, 6) is -0.208. The van der Waals surface area contributed by atoms with Gasteiger partial charge in [0, 0.05) is 21.9 Å². The second kappa shape index (κ2) is 5.58. The first kappa shape index (κ1) is 15.1. The minimum Gasteiger partial charge on any atom is -0.391 e. The van der Waals surface area contributed by atoms with Crippen molar-refractivity contribution in [3.8, 4) is 0 Å². The number of halogens is 1. The number of H-pyrrole nitrogens is 1. The Morgan fingerprint density at radius 1 is 1.40 bits per heavy atom. The minimum absolute atomic E-state index is 0.208. The number of aliphatic hydroxyl groups is 1. The molecule has 0 spiro atoms. The summed E-state index contributed by atoms with van der Waals surface area (Å²) in [7, 11) is 0. The molecule has 1 heterocycles. The molecule has 0 bridgehead atoms. The molecule has 3 N–H and O–H groups in total. The van der Waals surface area contributed by atoms with Gasteiger partial charge in [0.1, 0.15) is 5.69 Å². The highest BCUT2D eigenvalue weighted by Gasteiger charge is 2.22. The number of rotatable bonds is 3. The van der Waals surface area contributed by atoms with Crippen LogP contribution in [0.2, 0.25) is 0 Å². The summed E-state index contributed by atoms with van der Waals surface area (Å²) < 4.78 is 0.971. The number of hydrogen-bond acceptors (Lipinski definition) is 2. The van der Waals surface area contributed by atoms with E-state index < -0.39 is 6.10 Å². The lowest BCUT2D eigenvalue weighted by Gasteiger charge is -2.25. The van der Waals surface area contributed by atoms with Gasteiger partial charge in [-0.1, -0.05) is 36.7 Å². The van der Waals surface area contributed by atoms with E-state index in [1.807, 2.05) is 39.0 Å². The molecule has 0 saturated heterocycles. The molecule has 2 aromatic rings. The van der Waals surface area contributed by atoms with Gasteiger partial charge < -0.3 is 15.4 Å². The van der Waals surface area contributed by atoms with Crippen molar-refractivity contribution in [2.24, 2.45) is 5.41 Å². The minimum atomic E-state index is -0.579. The van der Waals surface area contributed by atoms with E-state index in [1.165, 1.54) is 0 Å². The maximum Gasteiger partial charge on any atom is 0.267 e. The predicted molar refractivity (Wildman–Crippen MR) is 83.8 cm³/mol. The average Bonchev–Trinajstić information content (AvgIpc) is 2.77. The van der Waals surface area contributed by atoms with Gasteiger partial charge in [0.2, 0.25) is 0 Å². The molecule has 0 fully saturated rings. The van der Waals surface area contributed by atoms with Crippen LogP contribution in [0.5, 0.6) is 0 Å². The summed E-state index contributed by atoms with van der Waals surface area (Å²) in [6.45, 7) is 6.04. The number of nitrogens with one attached hydrogen (secondary N) is 2. The second-order valence-corrected chi connectivity index (χ2v) is 6.92. The van der Waals surface area contributed by atoms with Crippen LogP contribution < -0.4 is 5.32 Å². The van der Waals surface area contributed by atoms with Crippen LogP contribution in [0.1, 0.15) is 31.3 Å². The number of fused-ring (bicyclic) bond motifs is 1. The average molecular weight is 339 g/mol. The number of amides is 1. The fourth-order valence-corrected chi connectivity index (χ4v) is 2.20. The van der Waals surface area contributed by atoms with Gasteiger partial charge in [0.05, 0.1) is 6.10 Å². The molecule has 1 aromatic carbocycles. The summed E-state index contributed by atoms with van der Waals surface area (Å²) in [5, 5.41) is 13.6. The van der Waals surface area contributed by atoms with Crippen LogP contribution in [0, 0.1) is 5.41 Å². The smallest absolute Gasteiger partial charge is 0.267 e. The Morgan fingerprint density at radius 3 is 2.75 bits per heavy atom. The normalized spacial score (nSPS) is 13.4. The predicted octanol–water partition coefficient (Wildman–Crippen LogP) is 3.07. The molecule has 0 aliphatic rings. The van der Waals surface area contributed by atoms with Gasteiger partial charge >= 0.3 is 0 Å². The van der Waals surface area contributed by atoms with Gasteiger partial charge in [-0.25, -0.2) is 0 Å². The molecule has 0 aliphatic carbocycles. The molecule has 2 rings (SSSR count). The Morgan fingerprint density at radius 2 is 2.10 bits per heavy atom. The molecule has 108 valence electrons. The van der Waals surface area contributed by atoms with E-state index in [2.05, 4.69) is 26.2 Å². The first-order valence-electron chi connectivity index (χ1n) is 6.52. The molecule has 0 radical (unpaired) electrons. The molecule has 4 nitrogen and oxygen atoms in total. The number of carbonyl (C=O) groups excluding carboxylic acids is 1. The van der Waals surface area contributed by atoms with Crippen molar-refractivity contribution in [1.29, 1.82) is 0 Å². The molecular weight excluding hydrogens is 320 g/mol. The topological polar surface area (TPSA) is 65.1 Å². The molecule has 1 amide bonds. The Hall–Kier alpha value is -1.33. The van der Waals surface area contributed by atoms with Crippen LogP contribution in [0.3, 0.4) is 0 Å². The molecule has 20 heavy (non-hydrogen) atoms. The molecule has 1 unspecified atom stereocenters. The van der Waals surface area contributed by atoms with Crippen molar-refractivity contribution >= 4 is 32.7 Å². The summed E-state index contributed by atoms with van der Waals surface area (Å²) in [5.41, 5.74) is 1.16. The molecule has 5 heteroatoms. The Kier molecular flexibility index (Phi) is 4.20. The molecule has 1 atom stereocenters. The van der Waals surface area contributed by atoms with E-state index in [-0.39, 0.29) is 17.9 Å². The first-order valence-corrected chi connectivity index (χ1v) is 7.31. The van der Waals surface area contributed by atoms with Crippen LogP contribution in [-0.4, -0.2) is 28.6 Å². The van der Waals surface area contributed by atoms with E-state index in [1.54, 1.807) is 6.07 Å². The maximum atomic E-state index is 12.1. The zero-order valence-corrected chi connectivity index (χ0v) is 13.4. The molecule has 1 aromatic heterocycles. The molecule has 0 aliphatic heterocycles. The highest BCUT2D eigenvalue weighted by Crippen LogP contribution is 2.21. The number of benzene rings is 1. The number of carbonyl (C=O) groups is 1. The van der Waals surface area contributed by atoms with Gasteiger partial charge in [-0.3, -0.25) is 4.79 Å². The Labute approximate surface area is 126 Å². The summed E-state index contributed by atoms with van der Waals surface area (Å²) in [6.07, 6.45) is -0.579. The fraction of sp³-hybridized carbons (Fsp3) is 0.400. The number of aromatic amines is 1. The largest absolute Gasteiger partial charge is 0.391 e. The van der Waals surface area contributed by atoms with Crippen LogP contribution in [-0.2, 0) is 0 Å². The monoisotopic (exact) mass is 338 g/mol. The molecule has 0 saturated carbocycles. The maximum absolute atomic E-state index is 12.1. The lowest BCUT2D eigenvalue weighted by Crippen LogP contribution is -2.39. The zero-order chi connectivity index (χ0) is 14.9. The Balaban J connectivity index is 2.08. The molecular formula is C15H19BrN2O2. The lowest BCUT2D eigenvalue weighted by molar-refractivity contribution is 0.0585. The van der Waals surface area contributed by atoms with Gasteiger partial charge in [-0.05, 0) is 29.7 Å². The summed E-state index contributed by atoms with van der Waals surface area (Å²) in [6, 6.07) is 7.59. The van der Waals surface area contributed by atoms with Crippen LogP contribution in [0.25, 0.3) is 10.9 Å². The third kappa shape index (κ3) is 3.41. The van der Waals surface area contributed by atoms with E-state index in [0.717, 1.165) is 15.4 Å². The SMILES string of the molecule is CC(C)(C)C(O)CNC(=O)c1cc2cc(Br)ccc2[nH]1. The van der Waals surface area contributed by atoms with Crippen LogP contribution >= 0.6 is 15.9 Å². The van der Waals surface area contributed by atoms with Crippen molar-refractivity contribution in [1.82, 2.24) is 10.3 Å². The number of aromatic nitrogens is 1. The van der Waals surface area contributed by atoms with Crippen molar-refractivity contribution in [3.63, 3.8) is 0 Å². The van der Waals surface area contributed by atoms with Gasteiger partial charge in [0.15, 0.2) is 0 Å². The fourth-order valence-electron chi connectivity index (χ4n) is 1.82. The quantitative estimate of drug-likeness (QED) is 0.805. The van der Waals surface area contributed by atoms with Gasteiger partial charge in [-0.15, -0.1) is 0 Å². The second-order valence-electron chi connectivity index (χ2n) is 6.01. The van der Waals surface area contributed by atoms with E-state index in [0.29, 0.717) is 5.69 Å². The third-order valence-corrected chi connectivity index (χ3v) is 3.78. The van der Waals surface area contributed by atoms with Crippen LogP contribution in [0.15, 0.2) is 28.7 Å². The highest BCUT2D eigenvalue weighted by molar-refractivity contribution is 9.10. The standard InChI is InChI=1S/C15H19BrN2O2/c1-15(2,3)13(19)8-17-14(20)12-7-9-6-10(16)4-5-11(9)18-12/h4-7,13,18-19H,8H2,1-3H3,(H,17,20). The van der Waals surface area contributed by atoms with Crippen LogP contribution in [0.4, 0.5) is 0 Å². The number of aliphatic hydroxyl groups excluding tert-OH is 1. The van der Waals surface area contributed by atoms with Crippen molar-refractivity contribution in [3.05, 3.63) is 34.4 Å². The third-order valence-electron chi connectivity index (χ3n) is 3.28. The van der Waals surface area contributed by atoms with E-state index >= 15 is 0 Å². The van der Waals surface area contributed by atoms with E-state index in [9.17, 15) is 9.90 Å². The Bertz CT molecular complexity index is 628. The van der Waals surface area contributed by atoms with Crippen molar-refractivity contribution in [2.45, 2.75) is 26.9 Å². The first-order chi connectivity index (χ1) is 9.27. The highest BCUT2D eigenvalue weighted by atomic mass is 79.9. The van der Waals surface area contributed by atoms with Crippen molar-refractivity contribution in [2.75, 3.05) is 6.54 Å². The lowest BCUT2D eigenvalue weighted by atomic mass is 9.89. The van der Waals surface area contributed by atoms with Crippen molar-refractivity contribution < 1.29 is 9.90 Å². The summed E-state index contributed by atoms with van der Waals surface area (Å²) in [4.78, 5) is 15.1. The van der Waals surface area contributed by atoms with Gasteiger partial charge in [-0.2, -0.15) is 0 Å². The number of hydrogen-bond donors (Lipinski definition) is 3. The van der Waals surface area contributed by atoms with E-state index in [4.69, 9.17) is 0 Å². The summed E-state index contributed by atoms with van der Waals surface area (Å²) >= 11 is 3.40. The van der Waals surface area contributed by atoms with Gasteiger partial charge in [0.25, 0.3) is 5.91 Å².